The van der Waals surface area contributed by atoms with Crippen LogP contribution in [0.25, 0.3) is 0 Å². The Morgan fingerprint density at radius 2 is 1.87 bits per heavy atom. The van der Waals surface area contributed by atoms with Gasteiger partial charge in [0.25, 0.3) is 0 Å². The molecule has 9 nitrogen and oxygen atoms in total. The number of amidine groups is 1. The zero-order chi connectivity index (χ0) is 28.1. The molecule has 2 aromatic rings. The highest BCUT2D eigenvalue weighted by molar-refractivity contribution is 7.89. The normalized spacial score (nSPS) is 16.7. The van der Waals surface area contributed by atoms with E-state index >= 15 is 0 Å². The van der Waals surface area contributed by atoms with Crippen LogP contribution in [0.15, 0.2) is 47.4 Å². The Kier molecular flexibility index (Phi) is 9.28. The molecule has 2 aromatic carbocycles. The number of sulfonamides is 1. The van der Waals surface area contributed by atoms with Gasteiger partial charge < -0.3 is 15.8 Å². The summed E-state index contributed by atoms with van der Waals surface area (Å²) in [7, 11) is -4.48. The lowest BCUT2D eigenvalue weighted by molar-refractivity contribution is -0.140. The molecular weight excluding hydrogens is 525 g/mol. The van der Waals surface area contributed by atoms with E-state index in [1.807, 2.05) is 0 Å². The minimum atomic E-state index is -4.97. The van der Waals surface area contributed by atoms with E-state index < -0.39 is 56.9 Å². The van der Waals surface area contributed by atoms with Gasteiger partial charge >= 0.3 is 6.18 Å². The molecule has 2 atom stereocenters. The van der Waals surface area contributed by atoms with E-state index in [1.54, 1.807) is 24.3 Å². The number of rotatable bonds is 11. The standard InChI is InChI=1S/C25H29F3N4O5S/c1-15(32-23(34)13-19(33)11-16-4-6-17(7-5-16)24(29)30)18-8-9-22(21(12-18)25(26,27)28)38(35,36)31-14-20-3-2-10-37-20/h4-9,12,15,20,31H,2-3,10-11,13-14H2,1H3,(H3,29,30)(H,32,34). The molecule has 0 radical (unpaired) electrons. The molecule has 1 amide bonds. The summed E-state index contributed by atoms with van der Waals surface area (Å²) in [5.41, 5.74) is 5.15. The molecular formula is C25H29F3N4O5S. The van der Waals surface area contributed by atoms with E-state index in [9.17, 15) is 31.2 Å². The van der Waals surface area contributed by atoms with Gasteiger partial charge in [0.1, 0.15) is 11.6 Å². The van der Waals surface area contributed by atoms with Crippen LogP contribution >= 0.6 is 0 Å². The van der Waals surface area contributed by atoms with Gasteiger partial charge in [0.05, 0.1) is 29.0 Å². The second-order valence-corrected chi connectivity index (χ2v) is 10.8. The van der Waals surface area contributed by atoms with Crippen LogP contribution in [0.5, 0.6) is 0 Å². The molecule has 1 aliphatic heterocycles. The van der Waals surface area contributed by atoms with Gasteiger partial charge in [0, 0.05) is 25.1 Å². The zero-order valence-electron chi connectivity index (χ0n) is 20.6. The Hall–Kier alpha value is -3.29. The summed E-state index contributed by atoms with van der Waals surface area (Å²) in [6.45, 7) is 1.77. The summed E-state index contributed by atoms with van der Waals surface area (Å²) in [5.74, 6) is -1.23. The van der Waals surface area contributed by atoms with Crippen molar-refractivity contribution in [2.45, 2.75) is 55.8 Å². The topological polar surface area (TPSA) is 151 Å². The molecule has 1 fully saturated rings. The summed E-state index contributed by atoms with van der Waals surface area (Å²) in [5, 5.41) is 9.86. The Labute approximate surface area is 218 Å². The maximum Gasteiger partial charge on any atom is 0.417 e. The lowest BCUT2D eigenvalue weighted by Crippen LogP contribution is -2.33. The fourth-order valence-corrected chi connectivity index (χ4v) is 5.28. The highest BCUT2D eigenvalue weighted by atomic mass is 32.2. The van der Waals surface area contributed by atoms with Crippen LogP contribution in [0.2, 0.25) is 0 Å². The van der Waals surface area contributed by atoms with E-state index in [-0.39, 0.29) is 24.4 Å². The van der Waals surface area contributed by atoms with Crippen molar-refractivity contribution in [3.8, 4) is 0 Å². The van der Waals surface area contributed by atoms with Gasteiger partial charge in [-0.1, -0.05) is 30.3 Å². The molecule has 0 bridgehead atoms. The molecule has 206 valence electrons. The predicted molar refractivity (Wildman–Crippen MR) is 133 cm³/mol. The van der Waals surface area contributed by atoms with Crippen molar-refractivity contribution in [2.24, 2.45) is 5.73 Å². The molecule has 0 saturated carbocycles. The van der Waals surface area contributed by atoms with Crippen molar-refractivity contribution in [2.75, 3.05) is 13.2 Å². The lowest BCUT2D eigenvalue weighted by Gasteiger charge is -2.19. The number of halogens is 3. The number of ether oxygens (including phenoxy) is 1. The first-order chi connectivity index (χ1) is 17.8. The summed E-state index contributed by atoms with van der Waals surface area (Å²) in [6.07, 6.45) is -4.55. The summed E-state index contributed by atoms with van der Waals surface area (Å²) < 4.78 is 74.2. The quantitative estimate of drug-likeness (QED) is 0.191. The SMILES string of the molecule is CC(NC(=O)CC(=O)Cc1ccc(C(=N)N)cc1)c1ccc(S(=O)(=O)NCC2CCCO2)c(C(F)(F)F)c1. The van der Waals surface area contributed by atoms with Crippen molar-refractivity contribution in [1.82, 2.24) is 10.0 Å². The van der Waals surface area contributed by atoms with Crippen LogP contribution in [-0.4, -0.2) is 45.2 Å². The third-order valence-corrected chi connectivity index (χ3v) is 7.51. The van der Waals surface area contributed by atoms with E-state index in [0.29, 0.717) is 30.2 Å². The number of carbonyl (C=O) groups is 2. The monoisotopic (exact) mass is 554 g/mol. The van der Waals surface area contributed by atoms with E-state index in [4.69, 9.17) is 15.9 Å². The van der Waals surface area contributed by atoms with Gasteiger partial charge in [0.15, 0.2) is 0 Å². The second-order valence-electron chi connectivity index (χ2n) is 9.03. The van der Waals surface area contributed by atoms with Gasteiger partial charge in [-0.2, -0.15) is 13.2 Å². The summed E-state index contributed by atoms with van der Waals surface area (Å²) >= 11 is 0. The van der Waals surface area contributed by atoms with Crippen LogP contribution < -0.4 is 15.8 Å². The van der Waals surface area contributed by atoms with Crippen LogP contribution in [0.4, 0.5) is 13.2 Å². The maximum atomic E-state index is 13.8. The third-order valence-electron chi connectivity index (χ3n) is 6.03. The second kappa shape index (κ2) is 12.0. The van der Waals surface area contributed by atoms with Gasteiger partial charge in [-0.25, -0.2) is 13.1 Å². The fourth-order valence-electron chi connectivity index (χ4n) is 4.01. The number of carbonyl (C=O) groups excluding carboxylic acids is 2. The average molecular weight is 555 g/mol. The van der Waals surface area contributed by atoms with Crippen LogP contribution in [-0.2, 0) is 36.9 Å². The largest absolute Gasteiger partial charge is 0.417 e. The molecule has 13 heteroatoms. The van der Waals surface area contributed by atoms with Crippen LogP contribution in [0.3, 0.4) is 0 Å². The number of hydrogen-bond acceptors (Lipinski definition) is 6. The molecule has 1 saturated heterocycles. The van der Waals surface area contributed by atoms with Gasteiger partial charge in [-0.05, 0) is 43.0 Å². The van der Waals surface area contributed by atoms with Crippen molar-refractivity contribution < 1.29 is 35.9 Å². The summed E-state index contributed by atoms with van der Waals surface area (Å²) in [6, 6.07) is 8.18. The van der Waals surface area contributed by atoms with Gasteiger partial charge in [-0.15, -0.1) is 0 Å². The first-order valence-electron chi connectivity index (χ1n) is 11.8. The number of ketones is 1. The zero-order valence-corrected chi connectivity index (χ0v) is 21.4. The minimum absolute atomic E-state index is 0.0241. The Balaban J connectivity index is 1.66. The Morgan fingerprint density at radius 3 is 2.45 bits per heavy atom. The molecule has 1 heterocycles. The highest BCUT2D eigenvalue weighted by Gasteiger charge is 2.38. The number of benzene rings is 2. The molecule has 0 spiro atoms. The van der Waals surface area contributed by atoms with E-state index in [1.165, 1.54) is 13.0 Å². The minimum Gasteiger partial charge on any atom is -0.384 e. The Morgan fingerprint density at radius 1 is 1.18 bits per heavy atom. The van der Waals surface area contributed by atoms with Crippen molar-refractivity contribution in [3.05, 3.63) is 64.7 Å². The smallest absolute Gasteiger partial charge is 0.384 e. The van der Waals surface area contributed by atoms with Crippen molar-refractivity contribution in [3.63, 3.8) is 0 Å². The number of alkyl halides is 3. The fraction of sp³-hybridized carbons (Fsp3) is 0.400. The maximum absolute atomic E-state index is 13.8. The van der Waals surface area contributed by atoms with Gasteiger partial charge in [0.2, 0.25) is 15.9 Å². The predicted octanol–water partition coefficient (Wildman–Crippen LogP) is 2.83. The number of nitrogen functional groups attached to an aromatic ring is 1. The number of Topliss-reactive ketones (excluding diaryl/α,β-unsaturated/α-hetero) is 1. The van der Waals surface area contributed by atoms with Crippen molar-refractivity contribution in [1.29, 1.82) is 5.41 Å². The van der Waals surface area contributed by atoms with Crippen LogP contribution in [0, 0.1) is 5.41 Å². The van der Waals surface area contributed by atoms with Crippen molar-refractivity contribution >= 4 is 27.5 Å². The lowest BCUT2D eigenvalue weighted by atomic mass is 10.0. The highest BCUT2D eigenvalue weighted by Crippen LogP contribution is 2.36. The van der Waals surface area contributed by atoms with E-state index in [0.717, 1.165) is 12.5 Å². The average Bonchev–Trinajstić information content (AvgIpc) is 3.36. The number of amides is 1. The number of hydrogen-bond donors (Lipinski definition) is 4. The molecule has 3 rings (SSSR count). The van der Waals surface area contributed by atoms with Gasteiger partial charge in [-0.3, -0.25) is 15.0 Å². The number of nitrogens with one attached hydrogen (secondary N) is 3. The molecule has 1 aliphatic rings. The van der Waals surface area contributed by atoms with Crippen LogP contribution in [0.1, 0.15) is 54.5 Å². The third kappa shape index (κ3) is 7.85. The Bertz CT molecular complexity index is 1290. The molecule has 2 unspecified atom stereocenters. The summed E-state index contributed by atoms with van der Waals surface area (Å²) in [4.78, 5) is 23.8. The molecule has 5 N–H and O–H groups in total. The first-order valence-corrected chi connectivity index (χ1v) is 13.3. The number of nitrogens with two attached hydrogens (primary N) is 1. The molecule has 0 aliphatic carbocycles. The molecule has 38 heavy (non-hydrogen) atoms. The van der Waals surface area contributed by atoms with E-state index in [2.05, 4.69) is 10.0 Å². The first kappa shape index (κ1) is 29.3. The molecule has 0 aromatic heterocycles.